The van der Waals surface area contributed by atoms with Crippen LogP contribution in [-0.2, 0) is 0 Å². The molecule has 0 aliphatic carbocycles. The predicted molar refractivity (Wildman–Crippen MR) is 72.0 cm³/mol. The van der Waals surface area contributed by atoms with Gasteiger partial charge in [-0.1, -0.05) is 29.8 Å². The number of rotatable bonds is 5. The fraction of sp³-hybridized carbons (Fsp3) is 0.500. The Bertz CT molecular complexity index is 342. The van der Waals surface area contributed by atoms with Crippen molar-refractivity contribution in [2.75, 3.05) is 19.0 Å². The van der Waals surface area contributed by atoms with Crippen LogP contribution in [0, 0.1) is 5.92 Å². The fourth-order valence-corrected chi connectivity index (χ4v) is 1.85. The van der Waals surface area contributed by atoms with Gasteiger partial charge < -0.3 is 15.8 Å². The molecule has 1 unspecified atom stereocenters. The van der Waals surface area contributed by atoms with Crippen molar-refractivity contribution in [3.63, 3.8) is 0 Å². The van der Waals surface area contributed by atoms with Crippen LogP contribution in [0.25, 0.3) is 0 Å². The van der Waals surface area contributed by atoms with Crippen LogP contribution in [0.5, 0.6) is 5.75 Å². The van der Waals surface area contributed by atoms with E-state index in [0.29, 0.717) is 12.5 Å². The molecule has 0 saturated heterocycles. The van der Waals surface area contributed by atoms with E-state index in [1.165, 1.54) is 0 Å². The molecule has 0 fully saturated rings. The lowest BCUT2D eigenvalue weighted by molar-refractivity contribution is 0.414. The maximum absolute atomic E-state index is 5.74. The highest BCUT2D eigenvalue weighted by Gasteiger charge is 2.13. The van der Waals surface area contributed by atoms with E-state index in [2.05, 4.69) is 35.1 Å². The van der Waals surface area contributed by atoms with Gasteiger partial charge in [0.05, 0.1) is 12.8 Å². The number of hydrogen-bond donors (Lipinski definition) is 2. The molecule has 0 saturated carbocycles. The molecule has 90 valence electrons. The molecule has 0 radical (unpaired) electrons. The number of nitrogens with two attached hydrogens (primary N) is 1. The van der Waals surface area contributed by atoms with E-state index >= 15 is 0 Å². The molecule has 3 N–H and O–H groups in total. The van der Waals surface area contributed by atoms with E-state index in [9.17, 15) is 0 Å². The number of hydrogen-bond acceptors (Lipinski definition) is 3. The first-order valence-corrected chi connectivity index (χ1v) is 6.18. The second kappa shape index (κ2) is 6.11. The molecule has 1 atom stereocenters. The second-order valence-corrected chi connectivity index (χ2v) is 4.99. The van der Waals surface area contributed by atoms with Gasteiger partial charge >= 0.3 is 0 Å². The Labute approximate surface area is 105 Å². The van der Waals surface area contributed by atoms with Gasteiger partial charge in [-0.3, -0.25) is 0 Å². The molecule has 16 heavy (non-hydrogen) atoms. The lowest BCUT2D eigenvalue weighted by Gasteiger charge is -2.23. The molecule has 0 heterocycles. The quantitative estimate of drug-likeness (QED) is 0.875. The highest BCUT2D eigenvalue weighted by molar-refractivity contribution is 9.10. The van der Waals surface area contributed by atoms with Crippen LogP contribution in [0.2, 0.25) is 0 Å². The van der Waals surface area contributed by atoms with Gasteiger partial charge in [0.25, 0.3) is 0 Å². The van der Waals surface area contributed by atoms with Crippen LogP contribution in [0.15, 0.2) is 22.7 Å². The SMILES string of the molecule is COc1ccc(Br)cc1NC(CN)C(C)C. The number of benzene rings is 1. The van der Waals surface area contributed by atoms with Crippen LogP contribution in [0.1, 0.15) is 13.8 Å². The summed E-state index contributed by atoms with van der Waals surface area (Å²) in [6.07, 6.45) is 0. The third kappa shape index (κ3) is 3.39. The predicted octanol–water partition coefficient (Wildman–Crippen LogP) is 2.85. The van der Waals surface area contributed by atoms with Crippen LogP contribution < -0.4 is 15.8 Å². The van der Waals surface area contributed by atoms with Gasteiger partial charge in [0.2, 0.25) is 0 Å². The first kappa shape index (κ1) is 13.3. The maximum Gasteiger partial charge on any atom is 0.142 e. The molecular formula is C12H19BrN2O. The lowest BCUT2D eigenvalue weighted by atomic mass is 10.0. The molecule has 0 aliphatic heterocycles. The molecular weight excluding hydrogens is 268 g/mol. The van der Waals surface area contributed by atoms with Crippen molar-refractivity contribution in [1.82, 2.24) is 0 Å². The molecule has 0 aromatic heterocycles. The number of halogens is 1. The maximum atomic E-state index is 5.74. The monoisotopic (exact) mass is 286 g/mol. The van der Waals surface area contributed by atoms with Crippen molar-refractivity contribution in [2.45, 2.75) is 19.9 Å². The van der Waals surface area contributed by atoms with Gasteiger partial charge in [-0.15, -0.1) is 0 Å². The molecule has 0 amide bonds. The topological polar surface area (TPSA) is 47.3 Å². The summed E-state index contributed by atoms with van der Waals surface area (Å²) >= 11 is 3.45. The molecule has 0 bridgehead atoms. The largest absolute Gasteiger partial charge is 0.495 e. The van der Waals surface area contributed by atoms with Crippen LogP contribution in [0.3, 0.4) is 0 Å². The highest BCUT2D eigenvalue weighted by Crippen LogP contribution is 2.29. The van der Waals surface area contributed by atoms with Crippen LogP contribution in [-0.4, -0.2) is 19.7 Å². The summed E-state index contributed by atoms with van der Waals surface area (Å²) in [5.41, 5.74) is 6.71. The number of nitrogens with one attached hydrogen (secondary N) is 1. The van der Waals surface area contributed by atoms with Gasteiger partial charge in [-0.25, -0.2) is 0 Å². The number of methoxy groups -OCH3 is 1. The van der Waals surface area contributed by atoms with Crippen LogP contribution in [0.4, 0.5) is 5.69 Å². The van der Waals surface area contributed by atoms with E-state index in [1.54, 1.807) is 7.11 Å². The molecule has 3 nitrogen and oxygen atoms in total. The summed E-state index contributed by atoms with van der Waals surface area (Å²) in [7, 11) is 1.67. The average molecular weight is 287 g/mol. The summed E-state index contributed by atoms with van der Waals surface area (Å²) in [4.78, 5) is 0. The summed E-state index contributed by atoms with van der Waals surface area (Å²) in [5.74, 6) is 1.32. The minimum atomic E-state index is 0.253. The van der Waals surface area contributed by atoms with Crippen molar-refractivity contribution in [3.8, 4) is 5.75 Å². The van der Waals surface area contributed by atoms with Gasteiger partial charge in [-0.05, 0) is 24.1 Å². The normalized spacial score (nSPS) is 12.6. The van der Waals surface area contributed by atoms with Crippen molar-refractivity contribution in [1.29, 1.82) is 0 Å². The summed E-state index contributed by atoms with van der Waals surface area (Å²) in [6, 6.07) is 6.14. The second-order valence-electron chi connectivity index (χ2n) is 4.08. The first-order valence-electron chi connectivity index (χ1n) is 5.38. The summed E-state index contributed by atoms with van der Waals surface area (Å²) < 4.78 is 6.32. The Kier molecular flexibility index (Phi) is 5.09. The zero-order chi connectivity index (χ0) is 12.1. The third-order valence-corrected chi connectivity index (χ3v) is 3.05. The number of ether oxygens (including phenoxy) is 1. The van der Waals surface area contributed by atoms with Gasteiger partial charge in [0, 0.05) is 17.1 Å². The zero-order valence-electron chi connectivity index (χ0n) is 9.96. The molecule has 0 aliphatic rings. The average Bonchev–Trinajstić information content (AvgIpc) is 2.25. The highest BCUT2D eigenvalue weighted by atomic mass is 79.9. The van der Waals surface area contributed by atoms with Crippen molar-refractivity contribution in [2.24, 2.45) is 11.7 Å². The Morgan fingerprint density at radius 2 is 2.12 bits per heavy atom. The number of anilines is 1. The molecule has 4 heteroatoms. The lowest BCUT2D eigenvalue weighted by Crippen LogP contribution is -2.33. The Balaban J connectivity index is 2.89. The van der Waals surface area contributed by atoms with E-state index in [0.717, 1.165) is 15.9 Å². The Hall–Kier alpha value is -0.740. The first-order chi connectivity index (χ1) is 7.58. The standard InChI is InChI=1S/C12H19BrN2O/c1-8(2)11(7-14)15-10-6-9(13)4-5-12(10)16-3/h4-6,8,11,15H,7,14H2,1-3H3. The van der Waals surface area contributed by atoms with E-state index in [-0.39, 0.29) is 6.04 Å². The summed E-state index contributed by atoms with van der Waals surface area (Å²) in [6.45, 7) is 4.90. The minimum absolute atomic E-state index is 0.253. The van der Waals surface area contributed by atoms with E-state index in [1.807, 2.05) is 18.2 Å². The fourth-order valence-electron chi connectivity index (χ4n) is 1.49. The van der Waals surface area contributed by atoms with Crippen LogP contribution >= 0.6 is 15.9 Å². The van der Waals surface area contributed by atoms with Gasteiger partial charge in [-0.2, -0.15) is 0 Å². The van der Waals surface area contributed by atoms with E-state index < -0.39 is 0 Å². The van der Waals surface area contributed by atoms with Crippen molar-refractivity contribution < 1.29 is 4.74 Å². The third-order valence-electron chi connectivity index (χ3n) is 2.56. The van der Waals surface area contributed by atoms with Crippen molar-refractivity contribution >= 4 is 21.6 Å². The van der Waals surface area contributed by atoms with Gasteiger partial charge in [0.15, 0.2) is 0 Å². The Morgan fingerprint density at radius 3 is 2.62 bits per heavy atom. The molecule has 1 aromatic rings. The van der Waals surface area contributed by atoms with Crippen molar-refractivity contribution in [3.05, 3.63) is 22.7 Å². The molecule has 1 aromatic carbocycles. The summed E-state index contributed by atoms with van der Waals surface area (Å²) in [5, 5.41) is 3.41. The molecule has 1 rings (SSSR count). The zero-order valence-corrected chi connectivity index (χ0v) is 11.5. The Morgan fingerprint density at radius 1 is 1.44 bits per heavy atom. The van der Waals surface area contributed by atoms with Gasteiger partial charge in [0.1, 0.15) is 5.75 Å². The molecule has 0 spiro atoms. The minimum Gasteiger partial charge on any atom is -0.495 e. The smallest absolute Gasteiger partial charge is 0.142 e. The van der Waals surface area contributed by atoms with E-state index in [4.69, 9.17) is 10.5 Å².